The van der Waals surface area contributed by atoms with Crippen molar-refractivity contribution in [1.82, 2.24) is 0 Å². The Balaban J connectivity index is 1.81. The zero-order valence-electron chi connectivity index (χ0n) is 8.84. The van der Waals surface area contributed by atoms with Crippen molar-refractivity contribution in [1.29, 1.82) is 0 Å². The molecule has 0 bridgehead atoms. The third-order valence-electron chi connectivity index (χ3n) is 3.47. The second kappa shape index (κ2) is 4.60. The van der Waals surface area contributed by atoms with Crippen molar-refractivity contribution in [2.45, 2.75) is 44.8 Å². The molecule has 0 unspecified atom stereocenters. The van der Waals surface area contributed by atoms with Gasteiger partial charge in [0.05, 0.1) is 13.2 Å². The second-order valence-corrected chi connectivity index (χ2v) is 4.69. The highest BCUT2D eigenvalue weighted by atomic mass is 16.7. The Morgan fingerprint density at radius 2 is 1.71 bits per heavy atom. The molecule has 1 saturated heterocycles. The Hall–Kier alpha value is -0.120. The number of nitrogens with two attached hydrogens (primary N) is 1. The van der Waals surface area contributed by atoms with Crippen LogP contribution in [-0.4, -0.2) is 26.0 Å². The van der Waals surface area contributed by atoms with E-state index in [4.69, 9.17) is 15.2 Å². The van der Waals surface area contributed by atoms with Gasteiger partial charge in [-0.25, -0.2) is 0 Å². The monoisotopic (exact) mass is 199 g/mol. The molecule has 1 spiro atoms. The number of hydrogen-bond donors (Lipinski definition) is 1. The zero-order chi connectivity index (χ0) is 9.86. The van der Waals surface area contributed by atoms with E-state index in [1.54, 1.807) is 0 Å². The van der Waals surface area contributed by atoms with E-state index in [2.05, 4.69) is 0 Å². The smallest absolute Gasteiger partial charge is 0.158 e. The summed E-state index contributed by atoms with van der Waals surface area (Å²) in [4.78, 5) is 0. The van der Waals surface area contributed by atoms with E-state index in [0.717, 1.165) is 19.6 Å². The fourth-order valence-corrected chi connectivity index (χ4v) is 2.52. The first-order valence-electron chi connectivity index (χ1n) is 5.78. The van der Waals surface area contributed by atoms with E-state index in [0.29, 0.717) is 12.0 Å². The van der Waals surface area contributed by atoms with Crippen LogP contribution in [0.15, 0.2) is 0 Å². The van der Waals surface area contributed by atoms with E-state index in [-0.39, 0.29) is 6.29 Å². The van der Waals surface area contributed by atoms with Gasteiger partial charge in [0.2, 0.25) is 0 Å². The van der Waals surface area contributed by atoms with Gasteiger partial charge < -0.3 is 15.2 Å². The summed E-state index contributed by atoms with van der Waals surface area (Å²) in [5.74, 6) is 0. The first-order chi connectivity index (χ1) is 6.85. The summed E-state index contributed by atoms with van der Waals surface area (Å²) in [5, 5.41) is 0. The summed E-state index contributed by atoms with van der Waals surface area (Å²) in [7, 11) is 0. The van der Waals surface area contributed by atoms with E-state index in [1.165, 1.54) is 32.1 Å². The predicted molar refractivity (Wildman–Crippen MR) is 54.9 cm³/mol. The quantitative estimate of drug-likeness (QED) is 0.735. The molecule has 0 atom stereocenters. The zero-order valence-corrected chi connectivity index (χ0v) is 8.84. The Morgan fingerprint density at radius 3 is 2.29 bits per heavy atom. The largest absolute Gasteiger partial charge is 0.352 e. The Kier molecular flexibility index (Phi) is 3.42. The Morgan fingerprint density at radius 1 is 1.07 bits per heavy atom. The molecule has 2 fully saturated rings. The highest BCUT2D eigenvalue weighted by molar-refractivity contribution is 4.84. The molecule has 82 valence electrons. The van der Waals surface area contributed by atoms with Crippen molar-refractivity contribution in [2.75, 3.05) is 19.8 Å². The fraction of sp³-hybridized carbons (Fsp3) is 1.00. The van der Waals surface area contributed by atoms with Gasteiger partial charge in [-0.2, -0.15) is 0 Å². The maximum atomic E-state index is 5.71. The van der Waals surface area contributed by atoms with Crippen LogP contribution >= 0.6 is 0 Å². The molecular weight excluding hydrogens is 178 g/mol. The first kappa shape index (κ1) is 10.4. The lowest BCUT2D eigenvalue weighted by Gasteiger charge is -2.42. The van der Waals surface area contributed by atoms with Gasteiger partial charge >= 0.3 is 0 Å². The van der Waals surface area contributed by atoms with Gasteiger partial charge in [-0.3, -0.25) is 0 Å². The van der Waals surface area contributed by atoms with Crippen LogP contribution in [-0.2, 0) is 9.47 Å². The SMILES string of the molecule is NCCC1OCC2(CCCCC2)CO1. The lowest BCUT2D eigenvalue weighted by atomic mass is 9.75. The third-order valence-corrected chi connectivity index (χ3v) is 3.47. The minimum atomic E-state index is -0.0347. The molecular formula is C11H21NO2. The number of ether oxygens (including phenoxy) is 2. The third kappa shape index (κ3) is 2.27. The van der Waals surface area contributed by atoms with Gasteiger partial charge in [0.25, 0.3) is 0 Å². The highest BCUT2D eigenvalue weighted by Crippen LogP contribution is 2.39. The first-order valence-corrected chi connectivity index (χ1v) is 5.78. The summed E-state index contributed by atoms with van der Waals surface area (Å²) in [5.41, 5.74) is 5.82. The molecule has 1 heterocycles. The molecule has 1 aliphatic heterocycles. The van der Waals surface area contributed by atoms with Crippen LogP contribution in [0.4, 0.5) is 0 Å². The molecule has 2 N–H and O–H groups in total. The van der Waals surface area contributed by atoms with Crippen molar-refractivity contribution in [3.05, 3.63) is 0 Å². The van der Waals surface area contributed by atoms with Crippen LogP contribution in [0.25, 0.3) is 0 Å². The van der Waals surface area contributed by atoms with Crippen LogP contribution in [0.3, 0.4) is 0 Å². The minimum Gasteiger partial charge on any atom is -0.352 e. The Bertz CT molecular complexity index is 168. The van der Waals surface area contributed by atoms with E-state index < -0.39 is 0 Å². The molecule has 0 aromatic carbocycles. The highest BCUT2D eigenvalue weighted by Gasteiger charge is 2.37. The normalized spacial score (nSPS) is 28.1. The predicted octanol–water partition coefficient (Wildman–Crippen LogP) is 1.66. The van der Waals surface area contributed by atoms with Crippen LogP contribution in [0, 0.1) is 5.41 Å². The van der Waals surface area contributed by atoms with Gasteiger partial charge in [0.15, 0.2) is 6.29 Å². The van der Waals surface area contributed by atoms with Crippen molar-refractivity contribution >= 4 is 0 Å². The van der Waals surface area contributed by atoms with E-state index >= 15 is 0 Å². The summed E-state index contributed by atoms with van der Waals surface area (Å²) < 4.78 is 11.4. The summed E-state index contributed by atoms with van der Waals surface area (Å²) >= 11 is 0. The minimum absolute atomic E-state index is 0.0347. The second-order valence-electron chi connectivity index (χ2n) is 4.69. The molecule has 0 radical (unpaired) electrons. The molecule has 2 aliphatic rings. The van der Waals surface area contributed by atoms with Gasteiger partial charge in [-0.1, -0.05) is 19.3 Å². The van der Waals surface area contributed by atoms with Crippen LogP contribution in [0.1, 0.15) is 38.5 Å². The summed E-state index contributed by atoms with van der Waals surface area (Å²) in [6, 6.07) is 0. The Labute approximate surface area is 85.9 Å². The van der Waals surface area contributed by atoms with E-state index in [9.17, 15) is 0 Å². The molecule has 2 rings (SSSR count). The van der Waals surface area contributed by atoms with Gasteiger partial charge in [-0.05, 0) is 19.4 Å². The molecule has 1 aliphatic carbocycles. The van der Waals surface area contributed by atoms with Crippen LogP contribution in [0.5, 0.6) is 0 Å². The fourth-order valence-electron chi connectivity index (χ4n) is 2.52. The number of hydrogen-bond acceptors (Lipinski definition) is 3. The van der Waals surface area contributed by atoms with Crippen molar-refractivity contribution in [3.8, 4) is 0 Å². The van der Waals surface area contributed by atoms with Gasteiger partial charge in [-0.15, -0.1) is 0 Å². The number of rotatable bonds is 2. The summed E-state index contributed by atoms with van der Waals surface area (Å²) in [6.45, 7) is 2.42. The molecule has 14 heavy (non-hydrogen) atoms. The van der Waals surface area contributed by atoms with Gasteiger partial charge in [0, 0.05) is 11.8 Å². The van der Waals surface area contributed by atoms with Gasteiger partial charge in [0.1, 0.15) is 0 Å². The molecule has 1 saturated carbocycles. The molecule has 0 amide bonds. The van der Waals surface area contributed by atoms with E-state index in [1.807, 2.05) is 0 Å². The van der Waals surface area contributed by atoms with Crippen molar-refractivity contribution in [3.63, 3.8) is 0 Å². The molecule has 3 nitrogen and oxygen atoms in total. The van der Waals surface area contributed by atoms with Crippen molar-refractivity contribution in [2.24, 2.45) is 11.1 Å². The lowest BCUT2D eigenvalue weighted by Crippen LogP contribution is -2.43. The standard InChI is InChI=1S/C11H21NO2/c12-7-4-10-13-8-11(9-14-10)5-2-1-3-6-11/h10H,1-9,12H2. The topological polar surface area (TPSA) is 44.5 Å². The average molecular weight is 199 g/mol. The van der Waals surface area contributed by atoms with Crippen LogP contribution < -0.4 is 5.73 Å². The van der Waals surface area contributed by atoms with Crippen LogP contribution in [0.2, 0.25) is 0 Å². The van der Waals surface area contributed by atoms with Crippen molar-refractivity contribution < 1.29 is 9.47 Å². The summed E-state index contributed by atoms with van der Waals surface area (Å²) in [6.07, 6.45) is 7.42. The molecule has 3 heteroatoms. The molecule has 0 aromatic rings. The maximum Gasteiger partial charge on any atom is 0.158 e. The lowest BCUT2D eigenvalue weighted by molar-refractivity contribution is -0.236. The molecule has 0 aromatic heterocycles. The average Bonchev–Trinajstić information content (AvgIpc) is 2.24. The maximum absolute atomic E-state index is 5.71.